The van der Waals surface area contributed by atoms with Gasteiger partial charge in [0.15, 0.2) is 0 Å². The van der Waals surface area contributed by atoms with Gasteiger partial charge >= 0.3 is 0 Å². The summed E-state index contributed by atoms with van der Waals surface area (Å²) in [6.07, 6.45) is 1.51. The van der Waals surface area contributed by atoms with Gasteiger partial charge in [0.25, 0.3) is 17.1 Å². The van der Waals surface area contributed by atoms with Crippen LogP contribution in [0.5, 0.6) is 0 Å². The molecule has 0 spiro atoms. The maximum absolute atomic E-state index is 13.3. The van der Waals surface area contributed by atoms with Crippen LogP contribution in [0.3, 0.4) is 0 Å². The molecule has 0 radical (unpaired) electrons. The zero-order valence-corrected chi connectivity index (χ0v) is 23.5. The third-order valence-corrected chi connectivity index (χ3v) is 9.56. The van der Waals surface area contributed by atoms with Gasteiger partial charge in [-0.1, -0.05) is 36.4 Å². The maximum atomic E-state index is 13.3. The Balaban J connectivity index is 1.17. The molecular weight excluding hydrogens is 567 g/mol. The number of carbonyl (C=O) groups is 3. The van der Waals surface area contributed by atoms with Crippen molar-refractivity contribution in [1.82, 2.24) is 14.5 Å². The highest BCUT2D eigenvalue weighted by Crippen LogP contribution is 2.32. The number of sulfonamides is 1. The second kappa shape index (κ2) is 12.2. The molecular formula is C29H27FN4O5S2. The smallest absolute Gasteiger partial charge is 0.293 e. The van der Waals surface area contributed by atoms with Gasteiger partial charge in [0, 0.05) is 50.5 Å². The number of amides is 3. The molecule has 3 aromatic rings. The Morgan fingerprint density at radius 2 is 1.63 bits per heavy atom. The average molecular weight is 595 g/mol. The number of benzene rings is 3. The van der Waals surface area contributed by atoms with Crippen LogP contribution in [-0.4, -0.2) is 73.9 Å². The summed E-state index contributed by atoms with van der Waals surface area (Å²) in [5, 5.41) is 2.18. The fourth-order valence-corrected chi connectivity index (χ4v) is 6.89. The Hall–Kier alpha value is -4.00. The lowest BCUT2D eigenvalue weighted by molar-refractivity contribution is -0.122. The van der Waals surface area contributed by atoms with Gasteiger partial charge in [-0.3, -0.25) is 19.3 Å². The number of para-hydroxylation sites is 1. The quantitative estimate of drug-likeness (QED) is 0.396. The number of hydrogen-bond donors (Lipinski definition) is 1. The van der Waals surface area contributed by atoms with Gasteiger partial charge in [0.05, 0.1) is 9.80 Å². The summed E-state index contributed by atoms with van der Waals surface area (Å²) in [7, 11) is -3.81. The minimum Gasteiger partial charge on any atom is -0.369 e. The molecule has 2 aliphatic heterocycles. The van der Waals surface area contributed by atoms with Gasteiger partial charge in [0.1, 0.15) is 5.82 Å². The summed E-state index contributed by atoms with van der Waals surface area (Å²) in [5.74, 6) is -1.43. The van der Waals surface area contributed by atoms with Crippen LogP contribution in [0.1, 0.15) is 15.9 Å². The van der Waals surface area contributed by atoms with Crippen LogP contribution in [0.2, 0.25) is 0 Å². The first-order valence-electron chi connectivity index (χ1n) is 12.9. The molecule has 5 rings (SSSR count). The topological polar surface area (TPSA) is 107 Å². The summed E-state index contributed by atoms with van der Waals surface area (Å²) < 4.78 is 41.2. The molecule has 2 fully saturated rings. The van der Waals surface area contributed by atoms with Crippen LogP contribution >= 0.6 is 11.8 Å². The second-order valence-electron chi connectivity index (χ2n) is 9.40. The zero-order valence-electron chi connectivity index (χ0n) is 21.9. The van der Waals surface area contributed by atoms with Crippen molar-refractivity contribution >= 4 is 50.6 Å². The Bertz CT molecular complexity index is 1590. The van der Waals surface area contributed by atoms with Crippen molar-refractivity contribution in [3.63, 3.8) is 0 Å². The lowest BCUT2D eigenvalue weighted by Gasteiger charge is -2.35. The molecule has 0 aliphatic carbocycles. The molecule has 12 heteroatoms. The zero-order chi connectivity index (χ0) is 29.0. The van der Waals surface area contributed by atoms with Crippen LogP contribution < -0.4 is 10.2 Å². The summed E-state index contributed by atoms with van der Waals surface area (Å²) >= 11 is 0.771. The van der Waals surface area contributed by atoms with Crippen LogP contribution in [-0.2, 0) is 14.8 Å². The number of thioether (sulfide) groups is 1. The van der Waals surface area contributed by atoms with Gasteiger partial charge in [-0.15, -0.1) is 0 Å². The van der Waals surface area contributed by atoms with Crippen molar-refractivity contribution in [1.29, 1.82) is 0 Å². The van der Waals surface area contributed by atoms with E-state index in [2.05, 4.69) is 10.2 Å². The van der Waals surface area contributed by atoms with Crippen LogP contribution in [0.25, 0.3) is 6.08 Å². The largest absolute Gasteiger partial charge is 0.369 e. The molecule has 9 nitrogen and oxygen atoms in total. The van der Waals surface area contributed by atoms with E-state index >= 15 is 0 Å². The highest BCUT2D eigenvalue weighted by atomic mass is 32.2. The number of nitrogens with one attached hydrogen (secondary N) is 1. The van der Waals surface area contributed by atoms with Crippen molar-refractivity contribution in [2.75, 3.05) is 44.2 Å². The number of rotatable bonds is 8. The fourth-order valence-electron chi connectivity index (χ4n) is 4.56. The molecule has 0 atom stereocenters. The van der Waals surface area contributed by atoms with E-state index in [4.69, 9.17) is 0 Å². The van der Waals surface area contributed by atoms with Crippen molar-refractivity contribution < 1.29 is 27.2 Å². The van der Waals surface area contributed by atoms with Crippen molar-refractivity contribution in [3.05, 3.63) is 101 Å². The molecule has 0 bridgehead atoms. The summed E-state index contributed by atoms with van der Waals surface area (Å²) in [4.78, 5) is 41.3. The number of piperazine rings is 1. The Labute approximate surface area is 241 Å². The van der Waals surface area contributed by atoms with E-state index in [9.17, 15) is 27.2 Å². The number of halogens is 1. The number of nitrogens with zero attached hydrogens (tertiary/aromatic N) is 3. The molecule has 41 heavy (non-hydrogen) atoms. The predicted molar refractivity (Wildman–Crippen MR) is 155 cm³/mol. The first kappa shape index (κ1) is 28.5. The molecule has 0 saturated carbocycles. The molecule has 3 aromatic carbocycles. The first-order valence-corrected chi connectivity index (χ1v) is 15.2. The molecule has 2 heterocycles. The Morgan fingerprint density at radius 3 is 2.34 bits per heavy atom. The standard InChI is InChI=1S/C29H27FN4O5S2/c30-23-11-9-21(10-12-23)19-26-28(36)34(29(37)40-26)14-13-31-27(35)22-5-4-8-25(20-22)41(38,39)33-17-15-32(16-18-33)24-6-2-1-3-7-24/h1-12,19-20H,13-18H2,(H,31,35)/b26-19+. The highest BCUT2D eigenvalue weighted by Gasteiger charge is 2.35. The van der Waals surface area contributed by atoms with E-state index in [0.29, 0.717) is 31.7 Å². The number of carbonyl (C=O) groups excluding carboxylic acids is 3. The Kier molecular flexibility index (Phi) is 8.52. The summed E-state index contributed by atoms with van der Waals surface area (Å²) in [6, 6.07) is 21.1. The average Bonchev–Trinajstić information content (AvgIpc) is 3.26. The van der Waals surface area contributed by atoms with Gasteiger partial charge in [-0.2, -0.15) is 4.31 Å². The second-order valence-corrected chi connectivity index (χ2v) is 12.3. The minimum absolute atomic E-state index is 0.0148. The molecule has 1 N–H and O–H groups in total. The number of imide groups is 1. The van der Waals surface area contributed by atoms with E-state index in [1.807, 2.05) is 30.3 Å². The minimum atomic E-state index is -3.81. The molecule has 0 unspecified atom stereocenters. The lowest BCUT2D eigenvalue weighted by Crippen LogP contribution is -2.48. The van der Waals surface area contributed by atoms with Gasteiger partial charge in [-0.05, 0) is 65.9 Å². The molecule has 0 aromatic heterocycles. The molecule has 2 saturated heterocycles. The number of anilines is 1. The molecule has 2 aliphatic rings. The summed E-state index contributed by atoms with van der Waals surface area (Å²) in [6.45, 7) is 1.68. The third-order valence-electron chi connectivity index (χ3n) is 6.76. The molecule has 212 valence electrons. The molecule has 3 amide bonds. The fraction of sp³-hybridized carbons (Fsp3) is 0.207. The maximum Gasteiger partial charge on any atom is 0.293 e. The summed E-state index contributed by atoms with van der Waals surface area (Å²) in [5.41, 5.74) is 1.77. The van der Waals surface area contributed by atoms with E-state index in [-0.39, 0.29) is 28.5 Å². The van der Waals surface area contributed by atoms with Crippen molar-refractivity contribution in [2.24, 2.45) is 0 Å². The van der Waals surface area contributed by atoms with E-state index < -0.39 is 32.9 Å². The normalized spacial score (nSPS) is 17.3. The van der Waals surface area contributed by atoms with Crippen LogP contribution in [0.15, 0.2) is 88.7 Å². The number of hydrogen-bond acceptors (Lipinski definition) is 7. The van der Waals surface area contributed by atoms with E-state index in [1.54, 1.807) is 0 Å². The first-order chi connectivity index (χ1) is 19.7. The van der Waals surface area contributed by atoms with Gasteiger partial charge in [0.2, 0.25) is 10.0 Å². The van der Waals surface area contributed by atoms with Crippen molar-refractivity contribution in [2.45, 2.75) is 4.90 Å². The van der Waals surface area contributed by atoms with Gasteiger partial charge < -0.3 is 10.2 Å². The predicted octanol–water partition coefficient (Wildman–Crippen LogP) is 3.80. The van der Waals surface area contributed by atoms with Crippen LogP contribution in [0, 0.1) is 5.82 Å². The lowest BCUT2D eigenvalue weighted by atomic mass is 10.2. The van der Waals surface area contributed by atoms with E-state index in [0.717, 1.165) is 22.3 Å². The third kappa shape index (κ3) is 6.50. The Morgan fingerprint density at radius 1 is 0.927 bits per heavy atom. The van der Waals surface area contributed by atoms with Crippen LogP contribution in [0.4, 0.5) is 14.9 Å². The van der Waals surface area contributed by atoms with Crippen molar-refractivity contribution in [3.8, 4) is 0 Å². The van der Waals surface area contributed by atoms with Gasteiger partial charge in [-0.25, -0.2) is 12.8 Å². The SMILES string of the molecule is O=C(NCCN1C(=O)S/C(=C/c2ccc(F)cc2)C1=O)c1cccc(S(=O)(=O)N2CCN(c3ccccc3)CC2)c1. The van der Waals surface area contributed by atoms with E-state index in [1.165, 1.54) is 58.9 Å². The highest BCUT2D eigenvalue weighted by molar-refractivity contribution is 8.18. The monoisotopic (exact) mass is 594 g/mol.